The van der Waals surface area contributed by atoms with Crippen LogP contribution in [0, 0.1) is 0 Å². The summed E-state index contributed by atoms with van der Waals surface area (Å²) in [6, 6.07) is 16.4. The molecule has 0 spiro atoms. The van der Waals surface area contributed by atoms with E-state index in [4.69, 9.17) is 35.9 Å². The summed E-state index contributed by atoms with van der Waals surface area (Å²) in [5.41, 5.74) is 7.36. The van der Waals surface area contributed by atoms with Crippen molar-refractivity contribution in [2.45, 2.75) is 44.4 Å². The maximum absolute atomic E-state index is 14.1. The van der Waals surface area contributed by atoms with E-state index in [0.717, 1.165) is 5.56 Å². The zero-order valence-electron chi connectivity index (χ0n) is 21.9. The van der Waals surface area contributed by atoms with Crippen LogP contribution in [0.2, 0.25) is 5.28 Å². The van der Waals surface area contributed by atoms with E-state index in [1.807, 2.05) is 30.3 Å². The van der Waals surface area contributed by atoms with Crippen molar-refractivity contribution in [3.8, 4) is 5.75 Å². The second kappa shape index (κ2) is 12.5. The first kappa shape index (κ1) is 28.9. The number of nitrogens with zero attached hydrogens (tertiary/aromatic N) is 4. The van der Waals surface area contributed by atoms with Crippen LogP contribution in [-0.2, 0) is 30.0 Å². The third-order valence-corrected chi connectivity index (χ3v) is 8.14. The summed E-state index contributed by atoms with van der Waals surface area (Å²) in [4.78, 5) is 25.1. The number of para-hydroxylation sites is 1. The zero-order valence-corrected chi connectivity index (χ0v) is 23.5. The molecule has 0 bridgehead atoms. The van der Waals surface area contributed by atoms with Gasteiger partial charge in [0.25, 0.3) is 0 Å². The SMILES string of the molecule is C[C@@H](NP(=O)(Oc1ccccc1)OC1C[C@H](n2cnc3c(N)nc(Cl)nc32)OC1CO)C(=O)OCc1ccccc1. The number of nitrogens with one attached hydrogen (secondary N) is 1. The number of carbonyl (C=O) groups excluding carboxylic acids is 1. The van der Waals surface area contributed by atoms with Crippen LogP contribution in [0.4, 0.5) is 5.82 Å². The summed E-state index contributed by atoms with van der Waals surface area (Å²) >= 11 is 5.99. The van der Waals surface area contributed by atoms with Gasteiger partial charge in [-0.1, -0.05) is 48.5 Å². The van der Waals surface area contributed by atoms with Crippen molar-refractivity contribution in [3.63, 3.8) is 0 Å². The fourth-order valence-corrected chi connectivity index (χ4v) is 6.17. The van der Waals surface area contributed by atoms with Gasteiger partial charge in [0, 0.05) is 6.42 Å². The smallest absolute Gasteiger partial charge is 0.459 e. The number of nitrogen functional groups attached to an aromatic ring is 1. The highest BCUT2D eigenvalue weighted by Gasteiger charge is 2.44. The molecule has 2 aromatic carbocycles. The summed E-state index contributed by atoms with van der Waals surface area (Å²) in [7, 11) is -4.25. The highest BCUT2D eigenvalue weighted by molar-refractivity contribution is 7.52. The van der Waals surface area contributed by atoms with Crippen molar-refractivity contribution in [2.24, 2.45) is 0 Å². The van der Waals surface area contributed by atoms with Gasteiger partial charge in [0.05, 0.1) is 12.9 Å². The Morgan fingerprint density at radius 1 is 1.22 bits per heavy atom. The number of anilines is 1. The van der Waals surface area contributed by atoms with E-state index in [2.05, 4.69) is 20.0 Å². The van der Waals surface area contributed by atoms with Gasteiger partial charge in [-0.2, -0.15) is 15.1 Å². The topological polar surface area (TPSA) is 173 Å². The molecule has 5 rings (SSSR count). The van der Waals surface area contributed by atoms with Gasteiger partial charge in [0.1, 0.15) is 42.4 Å². The van der Waals surface area contributed by atoms with E-state index in [9.17, 15) is 14.5 Å². The number of esters is 1. The molecule has 0 saturated carbocycles. The minimum atomic E-state index is -4.25. The second-order valence-corrected chi connectivity index (χ2v) is 11.2. The van der Waals surface area contributed by atoms with Crippen molar-refractivity contribution >= 4 is 42.3 Å². The van der Waals surface area contributed by atoms with Crippen molar-refractivity contribution in [1.29, 1.82) is 0 Å². The number of carbonyl (C=O) groups is 1. The van der Waals surface area contributed by atoms with Crippen molar-refractivity contribution in [1.82, 2.24) is 24.6 Å². The lowest BCUT2D eigenvalue weighted by atomic mass is 10.2. The minimum Gasteiger partial charge on any atom is -0.460 e. The molecule has 4 aromatic rings. The Morgan fingerprint density at radius 3 is 2.63 bits per heavy atom. The lowest BCUT2D eigenvalue weighted by Gasteiger charge is -2.26. The molecule has 41 heavy (non-hydrogen) atoms. The Labute approximate surface area is 240 Å². The Morgan fingerprint density at radius 2 is 1.93 bits per heavy atom. The molecule has 0 radical (unpaired) electrons. The number of halogens is 1. The highest BCUT2D eigenvalue weighted by Crippen LogP contribution is 2.49. The van der Waals surface area contributed by atoms with E-state index in [-0.39, 0.29) is 29.9 Å². The number of rotatable bonds is 11. The second-order valence-electron chi connectivity index (χ2n) is 9.24. The van der Waals surface area contributed by atoms with Gasteiger partial charge in [-0.15, -0.1) is 0 Å². The Balaban J connectivity index is 1.34. The lowest BCUT2D eigenvalue weighted by Crippen LogP contribution is -2.37. The molecule has 0 aliphatic carbocycles. The van der Waals surface area contributed by atoms with E-state index >= 15 is 0 Å². The number of nitrogens with two attached hydrogens (primary N) is 1. The number of benzene rings is 2. The minimum absolute atomic E-state index is 0.0398. The number of hydrogen-bond donors (Lipinski definition) is 3. The van der Waals surface area contributed by atoms with Gasteiger partial charge in [-0.3, -0.25) is 13.9 Å². The molecule has 0 amide bonds. The van der Waals surface area contributed by atoms with Crippen LogP contribution < -0.4 is 15.3 Å². The van der Waals surface area contributed by atoms with Gasteiger partial charge >= 0.3 is 13.7 Å². The molecule has 3 heterocycles. The zero-order chi connectivity index (χ0) is 29.0. The number of fused-ring (bicyclic) bond motifs is 1. The van der Waals surface area contributed by atoms with Gasteiger partial charge in [-0.25, -0.2) is 9.55 Å². The molecule has 216 valence electrons. The summed E-state index contributed by atoms with van der Waals surface area (Å²) < 4.78 is 38.8. The number of aliphatic hydroxyl groups excluding tert-OH is 1. The van der Waals surface area contributed by atoms with E-state index in [1.54, 1.807) is 34.9 Å². The van der Waals surface area contributed by atoms with Crippen molar-refractivity contribution < 1.29 is 33.0 Å². The fraction of sp³-hybridized carbons (Fsp3) is 0.308. The van der Waals surface area contributed by atoms with E-state index in [0.29, 0.717) is 11.2 Å². The predicted octanol–water partition coefficient (Wildman–Crippen LogP) is 3.64. The quantitative estimate of drug-likeness (QED) is 0.129. The average molecular weight is 603 g/mol. The number of imidazole rings is 1. The third kappa shape index (κ3) is 6.84. The normalized spacial score (nSPS) is 20.9. The van der Waals surface area contributed by atoms with Crippen LogP contribution in [0.1, 0.15) is 25.1 Å². The molecule has 2 aromatic heterocycles. The summed E-state index contributed by atoms with van der Waals surface area (Å²) in [5.74, 6) is -0.319. The fourth-order valence-electron chi connectivity index (χ4n) is 4.29. The molecule has 4 N–H and O–H groups in total. The Kier molecular flexibility index (Phi) is 8.83. The Bertz CT molecular complexity index is 1540. The first-order valence-electron chi connectivity index (χ1n) is 12.7. The highest BCUT2D eigenvalue weighted by atomic mass is 35.5. The molecular formula is C26H28ClN6O7P. The predicted molar refractivity (Wildman–Crippen MR) is 149 cm³/mol. The molecule has 1 fully saturated rings. The Hall–Kier alpha value is -3.58. The molecular weight excluding hydrogens is 575 g/mol. The van der Waals surface area contributed by atoms with E-state index < -0.39 is 44.8 Å². The van der Waals surface area contributed by atoms with Crippen LogP contribution in [0.5, 0.6) is 5.75 Å². The number of hydrogen-bond acceptors (Lipinski definition) is 11. The average Bonchev–Trinajstić information content (AvgIpc) is 3.56. The molecule has 3 unspecified atom stereocenters. The molecule has 15 heteroatoms. The summed E-state index contributed by atoms with van der Waals surface area (Å²) in [6.45, 7) is 1.07. The number of ether oxygens (including phenoxy) is 2. The molecule has 1 aliphatic rings. The number of aliphatic hydroxyl groups is 1. The van der Waals surface area contributed by atoms with Crippen LogP contribution in [0.3, 0.4) is 0 Å². The van der Waals surface area contributed by atoms with Gasteiger partial charge < -0.3 is 24.8 Å². The van der Waals surface area contributed by atoms with Gasteiger partial charge in [0.2, 0.25) is 5.28 Å². The molecule has 1 saturated heterocycles. The van der Waals surface area contributed by atoms with Crippen molar-refractivity contribution in [2.75, 3.05) is 12.3 Å². The lowest BCUT2D eigenvalue weighted by molar-refractivity contribution is -0.146. The molecule has 1 aliphatic heterocycles. The van der Waals surface area contributed by atoms with Crippen LogP contribution >= 0.6 is 19.3 Å². The largest absolute Gasteiger partial charge is 0.460 e. The first-order chi connectivity index (χ1) is 19.7. The van der Waals surface area contributed by atoms with Gasteiger partial charge in [0.15, 0.2) is 11.5 Å². The summed E-state index contributed by atoms with van der Waals surface area (Å²) in [6.07, 6.45) is -0.981. The van der Waals surface area contributed by atoms with Crippen LogP contribution in [0.15, 0.2) is 67.0 Å². The van der Waals surface area contributed by atoms with Crippen molar-refractivity contribution in [3.05, 3.63) is 77.8 Å². The molecule has 13 nitrogen and oxygen atoms in total. The number of aromatic nitrogens is 4. The third-order valence-electron chi connectivity index (χ3n) is 6.26. The maximum atomic E-state index is 14.1. The van der Waals surface area contributed by atoms with Gasteiger partial charge in [-0.05, 0) is 36.2 Å². The van der Waals surface area contributed by atoms with Crippen LogP contribution in [-0.4, -0.2) is 55.5 Å². The molecule has 5 atom stereocenters. The van der Waals surface area contributed by atoms with Crippen LogP contribution in [0.25, 0.3) is 11.2 Å². The summed E-state index contributed by atoms with van der Waals surface area (Å²) in [5, 5.41) is 12.7. The standard InChI is InChI=1S/C26H28ClN6O7P/c1-16(25(35)37-14-17-8-4-2-5-9-17)32-41(36,39-18-10-6-3-7-11-18)40-19-12-21(38-20(19)13-34)33-15-29-22-23(28)30-26(27)31-24(22)33/h2-11,15-16,19-21,34H,12-14H2,1H3,(H,32,36)(H2,28,30,31)/t16-,19?,20?,21-,41?/m1/s1. The maximum Gasteiger partial charge on any atom is 0.459 e. The monoisotopic (exact) mass is 602 g/mol. The van der Waals surface area contributed by atoms with E-state index in [1.165, 1.54) is 13.3 Å². The first-order valence-corrected chi connectivity index (χ1v) is 14.6.